The van der Waals surface area contributed by atoms with Crippen LogP contribution in [0.25, 0.3) is 0 Å². The maximum Gasteiger partial charge on any atom is 0.335 e. The van der Waals surface area contributed by atoms with Gasteiger partial charge in [-0.3, -0.25) is 0 Å². The summed E-state index contributed by atoms with van der Waals surface area (Å²) in [5.74, 6) is -3.53. The van der Waals surface area contributed by atoms with Gasteiger partial charge in [-0.25, -0.2) is 4.79 Å². The Morgan fingerprint density at radius 2 is 1.94 bits per heavy atom. The van der Waals surface area contributed by atoms with E-state index in [1.165, 1.54) is 12.1 Å². The van der Waals surface area contributed by atoms with Crippen LogP contribution < -0.4 is 0 Å². The molecule has 0 unspecified atom stereocenters. The van der Waals surface area contributed by atoms with E-state index < -0.39 is 11.7 Å². The Labute approximate surface area is 96.7 Å². The van der Waals surface area contributed by atoms with E-state index in [0.717, 1.165) is 5.56 Å². The van der Waals surface area contributed by atoms with Crippen LogP contribution in [0.5, 0.6) is 0 Å². The Balaban J connectivity index is 3.13. The summed E-state index contributed by atoms with van der Waals surface area (Å²) in [6, 6.07) is 4.39. The monoisotopic (exact) mass is 246 g/mol. The zero-order valence-electron chi connectivity index (χ0n) is 8.91. The van der Waals surface area contributed by atoms with Crippen LogP contribution in [-0.4, -0.2) is 16.8 Å². The van der Waals surface area contributed by atoms with Crippen LogP contribution >= 0.6 is 11.8 Å². The van der Waals surface area contributed by atoms with Gasteiger partial charge in [0.15, 0.2) is 0 Å². The molecule has 0 fully saturated rings. The minimum absolute atomic E-state index is 0.0503. The molecule has 0 aliphatic heterocycles. The summed E-state index contributed by atoms with van der Waals surface area (Å²) in [4.78, 5) is 11.1. The maximum absolute atomic E-state index is 12.2. The highest BCUT2D eigenvalue weighted by Gasteiger charge is 2.12. The van der Waals surface area contributed by atoms with Crippen LogP contribution in [0.2, 0.25) is 0 Å². The van der Waals surface area contributed by atoms with E-state index in [4.69, 9.17) is 5.11 Å². The lowest BCUT2D eigenvalue weighted by Gasteiger charge is -2.09. The van der Waals surface area contributed by atoms with Gasteiger partial charge < -0.3 is 5.11 Å². The second-order valence-electron chi connectivity index (χ2n) is 3.63. The van der Waals surface area contributed by atoms with Crippen molar-refractivity contribution < 1.29 is 18.7 Å². The Hall–Kier alpha value is -1.10. The van der Waals surface area contributed by atoms with Gasteiger partial charge in [0.1, 0.15) is 0 Å². The molecule has 0 saturated heterocycles. The van der Waals surface area contributed by atoms with E-state index in [1.54, 1.807) is 6.07 Å². The van der Waals surface area contributed by atoms with Gasteiger partial charge in [0.05, 0.1) is 5.56 Å². The Bertz CT molecular complexity index is 392. The van der Waals surface area contributed by atoms with Crippen molar-refractivity contribution in [3.63, 3.8) is 0 Å². The minimum Gasteiger partial charge on any atom is -0.478 e. The van der Waals surface area contributed by atoms with Crippen molar-refractivity contribution >= 4 is 17.7 Å². The average molecular weight is 246 g/mol. The Morgan fingerprint density at radius 1 is 1.31 bits per heavy atom. The van der Waals surface area contributed by atoms with E-state index in [2.05, 4.69) is 0 Å². The summed E-state index contributed by atoms with van der Waals surface area (Å²) in [5, 5.41) is 8.85. The molecule has 0 aliphatic carbocycles. The summed E-state index contributed by atoms with van der Waals surface area (Å²) < 4.78 is 24.4. The second kappa shape index (κ2) is 5.30. The van der Waals surface area contributed by atoms with Gasteiger partial charge in [-0.15, -0.1) is 0 Å². The number of alkyl halides is 2. The molecular formula is C11H12F2O2S. The number of halogens is 2. The third kappa shape index (κ3) is 3.48. The molecule has 2 nitrogen and oxygen atoms in total. The first-order chi connectivity index (χ1) is 7.40. The highest BCUT2D eigenvalue weighted by atomic mass is 32.2. The second-order valence-corrected chi connectivity index (χ2v) is 4.69. The molecule has 1 aromatic carbocycles. The lowest BCUT2D eigenvalue weighted by molar-refractivity contribution is 0.0696. The van der Waals surface area contributed by atoms with Gasteiger partial charge in [-0.1, -0.05) is 25.6 Å². The normalized spacial score (nSPS) is 11.1. The number of benzene rings is 1. The summed E-state index contributed by atoms with van der Waals surface area (Å²) in [5.41, 5.74) is 0.803. The molecule has 0 spiro atoms. The standard InChI is InChI=1S/C11H12F2O2S/c1-6(2)7-3-8(10(14)15)5-9(4-7)16-11(12)13/h3-6,11H,1-2H3,(H,14,15). The summed E-state index contributed by atoms with van der Waals surface area (Å²) in [6.45, 7) is 3.77. The Kier molecular flexibility index (Phi) is 4.29. The minimum atomic E-state index is -2.54. The maximum atomic E-state index is 12.2. The number of carbonyl (C=O) groups is 1. The van der Waals surface area contributed by atoms with E-state index in [1.807, 2.05) is 13.8 Å². The topological polar surface area (TPSA) is 37.3 Å². The molecule has 0 bridgehead atoms. The van der Waals surface area contributed by atoms with Crippen LogP contribution in [-0.2, 0) is 0 Å². The van der Waals surface area contributed by atoms with Crippen LogP contribution in [0.4, 0.5) is 8.78 Å². The van der Waals surface area contributed by atoms with Crippen LogP contribution in [0.1, 0.15) is 35.7 Å². The van der Waals surface area contributed by atoms with Crippen LogP contribution in [0.15, 0.2) is 23.1 Å². The first-order valence-corrected chi connectivity index (χ1v) is 5.61. The molecule has 0 saturated carbocycles. The van der Waals surface area contributed by atoms with Crippen molar-refractivity contribution in [2.45, 2.75) is 30.4 Å². The summed E-state index contributed by atoms with van der Waals surface area (Å²) in [7, 11) is 0. The quantitative estimate of drug-likeness (QED) is 0.820. The van der Waals surface area contributed by atoms with Crippen molar-refractivity contribution in [2.24, 2.45) is 0 Å². The van der Waals surface area contributed by atoms with Gasteiger partial charge in [0.25, 0.3) is 5.76 Å². The molecule has 16 heavy (non-hydrogen) atoms. The number of carboxylic acid groups (broad SMARTS) is 1. The lowest BCUT2D eigenvalue weighted by atomic mass is 10.0. The zero-order valence-corrected chi connectivity index (χ0v) is 9.72. The number of thioether (sulfide) groups is 1. The van der Waals surface area contributed by atoms with Gasteiger partial charge >= 0.3 is 5.97 Å². The molecule has 88 valence electrons. The average Bonchev–Trinajstić information content (AvgIpc) is 2.15. The zero-order chi connectivity index (χ0) is 12.3. The molecule has 1 aromatic rings. The van der Waals surface area contributed by atoms with E-state index in [0.29, 0.717) is 16.7 Å². The fourth-order valence-electron chi connectivity index (χ4n) is 1.25. The highest BCUT2D eigenvalue weighted by Crippen LogP contribution is 2.29. The largest absolute Gasteiger partial charge is 0.478 e. The predicted octanol–water partition coefficient (Wildman–Crippen LogP) is 3.82. The summed E-state index contributed by atoms with van der Waals surface area (Å²) in [6.07, 6.45) is 0. The highest BCUT2D eigenvalue weighted by molar-refractivity contribution is 7.99. The number of aromatic carboxylic acids is 1. The molecule has 0 amide bonds. The molecule has 1 N–H and O–H groups in total. The van der Waals surface area contributed by atoms with Gasteiger partial charge in [-0.05, 0) is 29.7 Å². The first kappa shape index (κ1) is 13.0. The molecular weight excluding hydrogens is 234 g/mol. The number of carboxylic acids is 1. The van der Waals surface area contributed by atoms with Crippen molar-refractivity contribution in [1.29, 1.82) is 0 Å². The third-order valence-corrected chi connectivity index (χ3v) is 2.75. The number of rotatable bonds is 4. The van der Waals surface area contributed by atoms with E-state index >= 15 is 0 Å². The first-order valence-electron chi connectivity index (χ1n) is 4.73. The van der Waals surface area contributed by atoms with Crippen LogP contribution in [0, 0.1) is 0 Å². The summed E-state index contributed by atoms with van der Waals surface area (Å²) >= 11 is 0.365. The van der Waals surface area contributed by atoms with Crippen molar-refractivity contribution in [1.82, 2.24) is 0 Å². The predicted molar refractivity (Wildman–Crippen MR) is 59.4 cm³/mol. The lowest BCUT2D eigenvalue weighted by Crippen LogP contribution is -2.00. The fraction of sp³-hybridized carbons (Fsp3) is 0.364. The van der Waals surface area contributed by atoms with E-state index in [-0.39, 0.29) is 11.5 Å². The van der Waals surface area contributed by atoms with E-state index in [9.17, 15) is 13.6 Å². The van der Waals surface area contributed by atoms with Gasteiger partial charge in [0, 0.05) is 4.90 Å². The smallest absolute Gasteiger partial charge is 0.335 e. The van der Waals surface area contributed by atoms with Crippen LogP contribution in [0.3, 0.4) is 0 Å². The Morgan fingerprint density at radius 3 is 2.38 bits per heavy atom. The van der Waals surface area contributed by atoms with Gasteiger partial charge in [0.2, 0.25) is 0 Å². The molecule has 0 atom stereocenters. The molecule has 0 heterocycles. The van der Waals surface area contributed by atoms with Crippen molar-refractivity contribution in [3.8, 4) is 0 Å². The molecule has 0 aliphatic rings. The SMILES string of the molecule is CC(C)c1cc(SC(F)F)cc(C(=O)O)c1. The number of hydrogen-bond acceptors (Lipinski definition) is 2. The van der Waals surface area contributed by atoms with Gasteiger partial charge in [-0.2, -0.15) is 8.78 Å². The van der Waals surface area contributed by atoms with Crippen molar-refractivity contribution in [2.75, 3.05) is 0 Å². The molecule has 1 rings (SSSR count). The third-order valence-electron chi connectivity index (χ3n) is 2.07. The van der Waals surface area contributed by atoms with Crippen molar-refractivity contribution in [3.05, 3.63) is 29.3 Å². The molecule has 5 heteroatoms. The molecule has 0 aromatic heterocycles. The number of hydrogen-bond donors (Lipinski definition) is 1. The fourth-order valence-corrected chi connectivity index (χ4v) is 1.85. The molecule has 0 radical (unpaired) electrons.